The molecule has 0 radical (unpaired) electrons. The molecule has 17 heavy (non-hydrogen) atoms. The van der Waals surface area contributed by atoms with Crippen LogP contribution in [-0.4, -0.2) is 62.4 Å². The number of amides is 1. The first-order valence-corrected chi connectivity index (χ1v) is 6.23. The molecule has 1 rings (SSSR count). The Morgan fingerprint density at radius 1 is 1.41 bits per heavy atom. The van der Waals surface area contributed by atoms with Gasteiger partial charge in [-0.25, -0.2) is 0 Å². The normalized spacial score (nSPS) is 18.1. The van der Waals surface area contributed by atoms with E-state index in [4.69, 9.17) is 9.47 Å². The third-order valence-electron chi connectivity index (χ3n) is 3.02. The first-order chi connectivity index (χ1) is 8.06. The van der Waals surface area contributed by atoms with E-state index in [1.165, 1.54) is 0 Å². The molecular weight excluding hydrogens is 220 g/mol. The molecule has 5 heteroatoms. The minimum atomic E-state index is -0.0480. The molecule has 1 amide bonds. The van der Waals surface area contributed by atoms with E-state index < -0.39 is 0 Å². The number of ether oxygens (including phenoxy) is 2. The van der Waals surface area contributed by atoms with Crippen molar-refractivity contribution in [2.45, 2.75) is 26.3 Å². The van der Waals surface area contributed by atoms with E-state index in [0.29, 0.717) is 13.2 Å². The van der Waals surface area contributed by atoms with Crippen LogP contribution in [0.15, 0.2) is 0 Å². The summed E-state index contributed by atoms with van der Waals surface area (Å²) in [6, 6.07) is 0. The van der Waals surface area contributed by atoms with Crippen molar-refractivity contribution in [2.24, 2.45) is 0 Å². The maximum atomic E-state index is 11.5. The van der Waals surface area contributed by atoms with Crippen LogP contribution in [0.5, 0.6) is 0 Å². The fraction of sp³-hybridized carbons (Fsp3) is 0.917. The van der Waals surface area contributed by atoms with Gasteiger partial charge in [0.05, 0.1) is 13.2 Å². The van der Waals surface area contributed by atoms with E-state index >= 15 is 0 Å². The van der Waals surface area contributed by atoms with Gasteiger partial charge < -0.3 is 14.8 Å². The highest BCUT2D eigenvalue weighted by Crippen LogP contribution is 2.14. The van der Waals surface area contributed by atoms with Crippen molar-refractivity contribution in [3.63, 3.8) is 0 Å². The molecule has 1 aliphatic rings. The van der Waals surface area contributed by atoms with Crippen LogP contribution in [0.25, 0.3) is 0 Å². The van der Waals surface area contributed by atoms with Crippen LogP contribution in [0, 0.1) is 0 Å². The lowest BCUT2D eigenvalue weighted by atomic mass is 10.0. The molecule has 1 heterocycles. The summed E-state index contributed by atoms with van der Waals surface area (Å²) in [6.45, 7) is 10.9. The summed E-state index contributed by atoms with van der Waals surface area (Å²) in [7, 11) is 0. The van der Waals surface area contributed by atoms with Gasteiger partial charge in [0.15, 0.2) is 0 Å². The van der Waals surface area contributed by atoms with Gasteiger partial charge in [0.25, 0.3) is 0 Å². The minimum Gasteiger partial charge on any atom is -0.379 e. The fourth-order valence-electron chi connectivity index (χ4n) is 1.84. The summed E-state index contributed by atoms with van der Waals surface area (Å²) >= 11 is 0. The Morgan fingerprint density at radius 2 is 2.06 bits per heavy atom. The number of rotatable bonds is 6. The van der Waals surface area contributed by atoms with E-state index in [1.807, 2.05) is 6.92 Å². The summed E-state index contributed by atoms with van der Waals surface area (Å²) in [5, 5.41) is 2.91. The molecular formula is C12H24N2O3. The monoisotopic (exact) mass is 244 g/mol. The molecule has 0 aromatic heterocycles. The number of carbonyl (C=O) groups is 1. The highest BCUT2D eigenvalue weighted by Gasteiger charge is 2.28. The molecule has 0 aromatic carbocycles. The lowest BCUT2D eigenvalue weighted by Gasteiger charge is -2.40. The van der Waals surface area contributed by atoms with Gasteiger partial charge in [0.1, 0.15) is 6.61 Å². The Hall–Kier alpha value is -0.650. The number of morpholine rings is 1. The van der Waals surface area contributed by atoms with E-state index in [2.05, 4.69) is 24.1 Å². The predicted molar refractivity (Wildman–Crippen MR) is 66.0 cm³/mol. The molecule has 0 bridgehead atoms. The smallest absolute Gasteiger partial charge is 0.246 e. The van der Waals surface area contributed by atoms with Crippen LogP contribution < -0.4 is 5.32 Å². The van der Waals surface area contributed by atoms with Crippen LogP contribution in [0.4, 0.5) is 0 Å². The molecule has 1 aliphatic heterocycles. The van der Waals surface area contributed by atoms with Crippen molar-refractivity contribution < 1.29 is 14.3 Å². The van der Waals surface area contributed by atoms with Crippen molar-refractivity contribution in [1.29, 1.82) is 0 Å². The van der Waals surface area contributed by atoms with E-state index in [0.717, 1.165) is 26.3 Å². The van der Waals surface area contributed by atoms with Crippen LogP contribution in [0.1, 0.15) is 20.8 Å². The number of hydrogen-bond acceptors (Lipinski definition) is 4. The molecule has 100 valence electrons. The third kappa shape index (κ3) is 5.02. The van der Waals surface area contributed by atoms with Gasteiger partial charge >= 0.3 is 0 Å². The van der Waals surface area contributed by atoms with Crippen molar-refractivity contribution in [1.82, 2.24) is 10.2 Å². The van der Waals surface area contributed by atoms with Gasteiger partial charge in [-0.3, -0.25) is 9.69 Å². The average Bonchev–Trinajstić information content (AvgIpc) is 2.35. The van der Waals surface area contributed by atoms with Crippen LogP contribution in [0.2, 0.25) is 0 Å². The first-order valence-electron chi connectivity index (χ1n) is 6.23. The lowest BCUT2D eigenvalue weighted by molar-refractivity contribution is -0.126. The summed E-state index contributed by atoms with van der Waals surface area (Å²) < 4.78 is 10.4. The Bertz CT molecular complexity index is 238. The second-order valence-corrected chi connectivity index (χ2v) is 4.83. The molecule has 1 N–H and O–H groups in total. The number of nitrogens with one attached hydrogen (secondary N) is 1. The highest BCUT2D eigenvalue weighted by molar-refractivity contribution is 5.77. The zero-order valence-corrected chi connectivity index (χ0v) is 11.1. The number of carbonyl (C=O) groups excluding carboxylic acids is 1. The molecule has 0 aromatic rings. The van der Waals surface area contributed by atoms with E-state index in [9.17, 15) is 4.79 Å². The van der Waals surface area contributed by atoms with E-state index in [1.54, 1.807) is 0 Å². The number of nitrogens with zero attached hydrogens (tertiary/aromatic N) is 1. The second kappa shape index (κ2) is 6.93. The van der Waals surface area contributed by atoms with E-state index in [-0.39, 0.29) is 18.1 Å². The molecule has 0 saturated carbocycles. The lowest BCUT2D eigenvalue weighted by Crippen LogP contribution is -2.55. The van der Waals surface area contributed by atoms with Crippen molar-refractivity contribution in [3.8, 4) is 0 Å². The van der Waals surface area contributed by atoms with Gasteiger partial charge in [-0.1, -0.05) is 0 Å². The average molecular weight is 244 g/mol. The van der Waals surface area contributed by atoms with Gasteiger partial charge in [-0.2, -0.15) is 0 Å². The topological polar surface area (TPSA) is 50.8 Å². The molecule has 0 spiro atoms. The third-order valence-corrected chi connectivity index (χ3v) is 3.02. The SMILES string of the molecule is CCOCC(=O)NCC(C)(C)N1CCOCC1. The summed E-state index contributed by atoms with van der Waals surface area (Å²) in [5.41, 5.74) is -0.0361. The molecule has 0 aliphatic carbocycles. The van der Waals surface area contributed by atoms with Gasteiger partial charge in [-0.05, 0) is 20.8 Å². The Morgan fingerprint density at radius 3 is 2.65 bits per heavy atom. The molecule has 1 fully saturated rings. The number of hydrogen-bond donors (Lipinski definition) is 1. The molecule has 5 nitrogen and oxygen atoms in total. The maximum Gasteiger partial charge on any atom is 0.246 e. The van der Waals surface area contributed by atoms with Crippen LogP contribution in [-0.2, 0) is 14.3 Å². The highest BCUT2D eigenvalue weighted by atomic mass is 16.5. The Labute approximate surface area is 103 Å². The second-order valence-electron chi connectivity index (χ2n) is 4.83. The molecule has 1 saturated heterocycles. The van der Waals surface area contributed by atoms with Gasteiger partial charge in [0, 0.05) is 31.8 Å². The largest absolute Gasteiger partial charge is 0.379 e. The quantitative estimate of drug-likeness (QED) is 0.727. The summed E-state index contributed by atoms with van der Waals surface area (Å²) in [5.74, 6) is -0.0480. The first kappa shape index (κ1) is 14.4. The Kier molecular flexibility index (Phi) is 5.88. The molecule has 0 atom stereocenters. The van der Waals surface area contributed by atoms with Gasteiger partial charge in [-0.15, -0.1) is 0 Å². The van der Waals surface area contributed by atoms with Crippen molar-refractivity contribution in [3.05, 3.63) is 0 Å². The summed E-state index contributed by atoms with van der Waals surface area (Å²) in [4.78, 5) is 13.8. The minimum absolute atomic E-state index is 0.0361. The van der Waals surface area contributed by atoms with Crippen LogP contribution >= 0.6 is 0 Å². The maximum absolute atomic E-state index is 11.5. The Balaban J connectivity index is 2.29. The predicted octanol–water partition coefficient (Wildman–Crippen LogP) is 0.250. The zero-order valence-electron chi connectivity index (χ0n) is 11.1. The standard InChI is InChI=1S/C12H24N2O3/c1-4-16-9-11(15)13-10-12(2,3)14-5-7-17-8-6-14/h4-10H2,1-3H3,(H,13,15). The van der Waals surface area contributed by atoms with Crippen LogP contribution in [0.3, 0.4) is 0 Å². The van der Waals surface area contributed by atoms with Crippen molar-refractivity contribution in [2.75, 3.05) is 46.1 Å². The van der Waals surface area contributed by atoms with Crippen molar-refractivity contribution >= 4 is 5.91 Å². The fourth-order valence-corrected chi connectivity index (χ4v) is 1.84. The summed E-state index contributed by atoms with van der Waals surface area (Å²) in [6.07, 6.45) is 0. The van der Waals surface area contributed by atoms with Gasteiger partial charge in [0.2, 0.25) is 5.91 Å². The molecule has 0 unspecified atom stereocenters. The zero-order chi connectivity index (χ0) is 12.7.